The Labute approximate surface area is 137 Å². The van der Waals surface area contributed by atoms with Gasteiger partial charge in [-0.05, 0) is 51.3 Å². The van der Waals surface area contributed by atoms with Crippen LogP contribution in [0.2, 0.25) is 0 Å². The van der Waals surface area contributed by atoms with Crippen molar-refractivity contribution in [3.05, 3.63) is 47.3 Å². The number of rotatable bonds is 5. The third-order valence-electron chi connectivity index (χ3n) is 3.76. The lowest BCUT2D eigenvalue weighted by molar-refractivity contribution is 0.0953. The maximum Gasteiger partial charge on any atom is 0.254 e. The highest BCUT2D eigenvalue weighted by Crippen LogP contribution is 2.19. The van der Waals surface area contributed by atoms with E-state index in [1.807, 2.05) is 35.9 Å². The van der Waals surface area contributed by atoms with Gasteiger partial charge in [0.25, 0.3) is 5.91 Å². The van der Waals surface area contributed by atoms with E-state index in [0.717, 1.165) is 29.8 Å². The summed E-state index contributed by atoms with van der Waals surface area (Å²) in [7, 11) is 0. The number of nitrogens with two attached hydrogens (primary N) is 1. The van der Waals surface area contributed by atoms with Crippen LogP contribution in [-0.4, -0.2) is 22.2 Å². The Morgan fingerprint density at radius 1 is 1.26 bits per heavy atom. The van der Waals surface area contributed by atoms with Gasteiger partial charge in [-0.2, -0.15) is 5.10 Å². The van der Waals surface area contributed by atoms with E-state index >= 15 is 0 Å². The Hall–Kier alpha value is -2.30. The number of nitrogen functional groups attached to an aromatic ring is 1. The fourth-order valence-corrected chi connectivity index (χ4v) is 2.58. The number of carbonyl (C=O) groups excluding carboxylic acids is 1. The van der Waals surface area contributed by atoms with Crippen LogP contribution in [0.15, 0.2) is 30.5 Å². The van der Waals surface area contributed by atoms with Gasteiger partial charge < -0.3 is 11.1 Å². The van der Waals surface area contributed by atoms with Crippen LogP contribution >= 0.6 is 0 Å². The van der Waals surface area contributed by atoms with Gasteiger partial charge in [-0.15, -0.1) is 0 Å². The molecule has 0 fully saturated rings. The lowest BCUT2D eigenvalue weighted by atomic mass is 10.1. The molecule has 0 bridgehead atoms. The van der Waals surface area contributed by atoms with Crippen molar-refractivity contribution in [3.8, 4) is 0 Å². The van der Waals surface area contributed by atoms with Crippen molar-refractivity contribution in [2.24, 2.45) is 0 Å². The minimum atomic E-state index is -0.131. The molecule has 1 aromatic heterocycles. The predicted molar refractivity (Wildman–Crippen MR) is 93.5 cm³/mol. The molecule has 124 valence electrons. The number of aromatic nitrogens is 2. The summed E-state index contributed by atoms with van der Waals surface area (Å²) in [6, 6.07) is 7.71. The molecule has 0 aliphatic rings. The van der Waals surface area contributed by atoms with Gasteiger partial charge in [-0.25, -0.2) is 0 Å². The monoisotopic (exact) mass is 314 g/mol. The van der Waals surface area contributed by atoms with Crippen LogP contribution in [0.1, 0.15) is 49.3 Å². The molecule has 0 radical (unpaired) electrons. The summed E-state index contributed by atoms with van der Waals surface area (Å²) in [5.41, 5.74) is 9.08. The van der Waals surface area contributed by atoms with Crippen molar-refractivity contribution in [2.45, 2.75) is 46.1 Å². The number of nitrogens with zero attached hydrogens (tertiary/aromatic N) is 2. The molecule has 0 aliphatic carbocycles. The normalized spacial score (nSPS) is 11.5. The minimum Gasteiger partial charge on any atom is -0.399 e. The zero-order chi connectivity index (χ0) is 17.0. The molecular formula is C18H26N4O. The summed E-state index contributed by atoms with van der Waals surface area (Å²) in [5, 5.41) is 7.38. The van der Waals surface area contributed by atoms with E-state index in [9.17, 15) is 4.79 Å². The van der Waals surface area contributed by atoms with Crippen molar-refractivity contribution >= 4 is 11.6 Å². The highest BCUT2D eigenvalue weighted by molar-refractivity contribution is 5.95. The van der Waals surface area contributed by atoms with Crippen molar-refractivity contribution in [2.75, 3.05) is 12.3 Å². The van der Waals surface area contributed by atoms with Crippen molar-refractivity contribution in [3.63, 3.8) is 0 Å². The first kappa shape index (κ1) is 17.1. The number of benzene rings is 1. The summed E-state index contributed by atoms with van der Waals surface area (Å²) in [6.45, 7) is 8.89. The molecular weight excluding hydrogens is 288 g/mol. The average Bonchev–Trinajstić information content (AvgIpc) is 2.93. The number of anilines is 1. The van der Waals surface area contributed by atoms with E-state index in [1.165, 1.54) is 0 Å². The predicted octanol–water partition coefficient (Wildman–Crippen LogP) is 2.76. The summed E-state index contributed by atoms with van der Waals surface area (Å²) in [6.07, 6.45) is 3.22. The zero-order valence-electron chi connectivity index (χ0n) is 14.4. The SMILES string of the molecule is CCc1c(C(=O)NCCc2ccc(N)cc2)cnn1C(C)(C)C. The molecule has 5 nitrogen and oxygen atoms in total. The number of hydrogen-bond donors (Lipinski definition) is 2. The Kier molecular flexibility index (Phi) is 5.08. The number of amides is 1. The second-order valence-corrected chi connectivity index (χ2v) is 6.69. The summed E-state index contributed by atoms with van der Waals surface area (Å²) in [4.78, 5) is 12.4. The topological polar surface area (TPSA) is 72.9 Å². The summed E-state index contributed by atoms with van der Waals surface area (Å²) >= 11 is 0. The first-order valence-electron chi connectivity index (χ1n) is 8.03. The van der Waals surface area contributed by atoms with Crippen molar-refractivity contribution in [1.29, 1.82) is 0 Å². The number of nitrogens with one attached hydrogen (secondary N) is 1. The van der Waals surface area contributed by atoms with Gasteiger partial charge in [0.15, 0.2) is 0 Å². The molecule has 0 saturated carbocycles. The highest BCUT2D eigenvalue weighted by atomic mass is 16.1. The fourth-order valence-electron chi connectivity index (χ4n) is 2.58. The van der Waals surface area contributed by atoms with E-state index < -0.39 is 0 Å². The van der Waals surface area contributed by atoms with Crippen LogP contribution in [0.25, 0.3) is 0 Å². The molecule has 5 heteroatoms. The minimum absolute atomic E-state index is 0.0622. The van der Waals surface area contributed by atoms with Crippen LogP contribution in [0.3, 0.4) is 0 Å². The van der Waals surface area contributed by atoms with Gasteiger partial charge in [-0.3, -0.25) is 9.48 Å². The fraction of sp³-hybridized carbons (Fsp3) is 0.444. The largest absolute Gasteiger partial charge is 0.399 e. The van der Waals surface area contributed by atoms with Gasteiger partial charge >= 0.3 is 0 Å². The van der Waals surface area contributed by atoms with Crippen LogP contribution < -0.4 is 11.1 Å². The third kappa shape index (κ3) is 4.12. The molecule has 23 heavy (non-hydrogen) atoms. The summed E-state index contributed by atoms with van der Waals surface area (Å²) < 4.78 is 1.93. The molecule has 2 rings (SSSR count). The summed E-state index contributed by atoms with van der Waals surface area (Å²) in [5.74, 6) is -0.0622. The Balaban J connectivity index is 2.01. The van der Waals surface area contributed by atoms with Gasteiger partial charge in [0.1, 0.15) is 0 Å². The molecule has 0 spiro atoms. The molecule has 0 aliphatic heterocycles. The molecule has 2 aromatic rings. The third-order valence-corrected chi connectivity index (χ3v) is 3.76. The molecule has 1 amide bonds. The Bertz CT molecular complexity index is 665. The second-order valence-electron chi connectivity index (χ2n) is 6.69. The van der Waals surface area contributed by atoms with Crippen molar-refractivity contribution in [1.82, 2.24) is 15.1 Å². The standard InChI is InChI=1S/C18H26N4O/c1-5-16-15(12-21-22(16)18(2,3)4)17(23)20-11-10-13-6-8-14(19)9-7-13/h6-9,12H,5,10-11,19H2,1-4H3,(H,20,23). The highest BCUT2D eigenvalue weighted by Gasteiger charge is 2.22. The van der Waals surface area contributed by atoms with E-state index in [-0.39, 0.29) is 11.4 Å². The zero-order valence-corrected chi connectivity index (χ0v) is 14.4. The van der Waals surface area contributed by atoms with Crippen LogP contribution in [0.5, 0.6) is 0 Å². The molecule has 1 aromatic carbocycles. The maximum atomic E-state index is 12.4. The quantitative estimate of drug-likeness (QED) is 0.834. The average molecular weight is 314 g/mol. The maximum absolute atomic E-state index is 12.4. The molecule has 1 heterocycles. The number of hydrogen-bond acceptors (Lipinski definition) is 3. The van der Waals surface area contributed by atoms with E-state index in [2.05, 4.69) is 31.2 Å². The van der Waals surface area contributed by atoms with Crippen LogP contribution in [-0.2, 0) is 18.4 Å². The first-order valence-corrected chi connectivity index (χ1v) is 8.03. The Morgan fingerprint density at radius 2 is 1.91 bits per heavy atom. The van der Waals surface area contributed by atoms with Crippen LogP contribution in [0.4, 0.5) is 5.69 Å². The lowest BCUT2D eigenvalue weighted by Gasteiger charge is -2.22. The van der Waals surface area contributed by atoms with Gasteiger partial charge in [0.2, 0.25) is 0 Å². The van der Waals surface area contributed by atoms with Crippen molar-refractivity contribution < 1.29 is 4.79 Å². The molecule has 0 atom stereocenters. The van der Waals surface area contributed by atoms with E-state index in [0.29, 0.717) is 12.1 Å². The van der Waals surface area contributed by atoms with Gasteiger partial charge in [0.05, 0.1) is 23.0 Å². The lowest BCUT2D eigenvalue weighted by Crippen LogP contribution is -2.28. The van der Waals surface area contributed by atoms with Crippen LogP contribution in [0, 0.1) is 0 Å². The molecule has 0 unspecified atom stereocenters. The Morgan fingerprint density at radius 3 is 2.48 bits per heavy atom. The molecule has 0 saturated heterocycles. The van der Waals surface area contributed by atoms with E-state index in [4.69, 9.17) is 5.73 Å². The van der Waals surface area contributed by atoms with Gasteiger partial charge in [-0.1, -0.05) is 19.1 Å². The number of carbonyl (C=O) groups is 1. The van der Waals surface area contributed by atoms with Gasteiger partial charge in [0, 0.05) is 12.2 Å². The van der Waals surface area contributed by atoms with E-state index in [1.54, 1.807) is 6.20 Å². The second kappa shape index (κ2) is 6.86. The molecule has 3 N–H and O–H groups in total. The smallest absolute Gasteiger partial charge is 0.254 e. The first-order chi connectivity index (χ1) is 10.8.